The van der Waals surface area contributed by atoms with Gasteiger partial charge in [-0.1, -0.05) is 25.9 Å². The van der Waals surface area contributed by atoms with E-state index < -0.39 is 25.3 Å². The summed E-state index contributed by atoms with van der Waals surface area (Å²) in [5, 5.41) is 14.8. The van der Waals surface area contributed by atoms with E-state index in [1.807, 2.05) is 0 Å². The molecule has 0 bridgehead atoms. The number of amides is 1. The molecule has 0 N–H and O–H groups in total. The van der Waals surface area contributed by atoms with E-state index in [0.29, 0.717) is 17.8 Å². The van der Waals surface area contributed by atoms with Crippen LogP contribution < -0.4 is 0 Å². The lowest BCUT2D eigenvalue weighted by atomic mass is 10.2. The van der Waals surface area contributed by atoms with E-state index in [1.54, 1.807) is 6.92 Å². The lowest BCUT2D eigenvalue weighted by Crippen LogP contribution is -2.44. The maximum Gasteiger partial charge on any atom is 0.415 e. The van der Waals surface area contributed by atoms with Gasteiger partial charge in [-0.05, 0) is 42.8 Å². The van der Waals surface area contributed by atoms with Crippen molar-refractivity contribution in [2.75, 3.05) is 19.8 Å². The summed E-state index contributed by atoms with van der Waals surface area (Å²) in [4.78, 5) is 41.1. The van der Waals surface area contributed by atoms with Crippen molar-refractivity contribution in [3.05, 3.63) is 39.9 Å². The number of ether oxygens (including phenoxy) is 2. The number of nitro groups is 1. The first-order valence-corrected chi connectivity index (χ1v) is 13.9. The number of hydrogen-bond donors (Lipinski definition) is 0. The summed E-state index contributed by atoms with van der Waals surface area (Å²) >= 11 is 0. The van der Waals surface area contributed by atoms with Crippen LogP contribution in [0.5, 0.6) is 0 Å². The molecule has 1 aliphatic rings. The first-order chi connectivity index (χ1) is 15.8. The van der Waals surface area contributed by atoms with Gasteiger partial charge in [0.2, 0.25) is 6.61 Å². The molecule has 1 aromatic carbocycles. The number of nitrogens with zero attached hydrogens (tertiary/aromatic N) is 3. The zero-order chi connectivity index (χ0) is 25.5. The topological polar surface area (TPSA) is 130 Å². The van der Waals surface area contributed by atoms with Gasteiger partial charge in [-0.2, -0.15) is 0 Å². The third-order valence-corrected chi connectivity index (χ3v) is 10.3. The molecule has 0 radical (unpaired) electrons. The number of likely N-dealkylation sites (tertiary alicyclic amines) is 1. The first-order valence-electron chi connectivity index (χ1n) is 11.0. The molecule has 12 heteroatoms. The quantitative estimate of drug-likeness (QED) is 0.215. The van der Waals surface area contributed by atoms with Crippen LogP contribution in [0.4, 0.5) is 10.5 Å². The van der Waals surface area contributed by atoms with Gasteiger partial charge < -0.3 is 18.7 Å². The van der Waals surface area contributed by atoms with Crippen LogP contribution in [0.2, 0.25) is 18.1 Å². The minimum Gasteiger partial charge on any atom is -0.463 e. The Morgan fingerprint density at radius 3 is 2.41 bits per heavy atom. The monoisotopic (exact) mass is 495 g/mol. The molecule has 1 amide bonds. The van der Waals surface area contributed by atoms with Crippen LogP contribution in [0, 0.1) is 10.1 Å². The van der Waals surface area contributed by atoms with Crippen molar-refractivity contribution in [2.45, 2.75) is 65.0 Å². The smallest absolute Gasteiger partial charge is 0.415 e. The number of carbonyl (C=O) groups is 2. The summed E-state index contributed by atoms with van der Waals surface area (Å²) in [6.45, 7) is 12.3. The normalized spacial score (nSPS) is 17.5. The molecule has 0 aliphatic carbocycles. The summed E-state index contributed by atoms with van der Waals surface area (Å²) in [7, 11) is -2.11. The van der Waals surface area contributed by atoms with Gasteiger partial charge in [-0.15, -0.1) is 0 Å². The van der Waals surface area contributed by atoms with Crippen molar-refractivity contribution in [3.8, 4) is 0 Å². The summed E-state index contributed by atoms with van der Waals surface area (Å²) in [5.41, 5.74) is 0.553. The highest BCUT2D eigenvalue weighted by molar-refractivity contribution is 6.74. The first kappa shape index (κ1) is 27.3. The number of amidine groups is 1. The number of esters is 1. The average Bonchev–Trinajstić information content (AvgIpc) is 3.13. The Balaban J connectivity index is 2.09. The van der Waals surface area contributed by atoms with Crippen LogP contribution in [0.1, 0.15) is 39.7 Å². The Labute approximate surface area is 200 Å². The fourth-order valence-corrected chi connectivity index (χ4v) is 4.27. The van der Waals surface area contributed by atoms with Crippen molar-refractivity contribution >= 4 is 31.9 Å². The number of hydrogen-bond acceptors (Lipinski definition) is 9. The van der Waals surface area contributed by atoms with Crippen LogP contribution in [-0.2, 0) is 30.1 Å². The minimum atomic E-state index is -2.11. The number of nitro benzene ring substituents is 1. The average molecular weight is 496 g/mol. The molecule has 34 heavy (non-hydrogen) atoms. The summed E-state index contributed by atoms with van der Waals surface area (Å²) in [5.74, 6) is -0.270. The third kappa shape index (κ3) is 7.52. The van der Waals surface area contributed by atoms with Crippen LogP contribution in [0.3, 0.4) is 0 Å². The van der Waals surface area contributed by atoms with E-state index >= 15 is 0 Å². The van der Waals surface area contributed by atoms with Gasteiger partial charge >= 0.3 is 12.1 Å². The van der Waals surface area contributed by atoms with Crippen molar-refractivity contribution in [3.63, 3.8) is 0 Å². The maximum absolute atomic E-state index is 12.8. The van der Waals surface area contributed by atoms with Gasteiger partial charge in [0.25, 0.3) is 5.69 Å². The van der Waals surface area contributed by atoms with Gasteiger partial charge in [-0.3, -0.25) is 15.0 Å². The van der Waals surface area contributed by atoms with E-state index in [4.69, 9.17) is 18.7 Å². The molecule has 0 spiro atoms. The van der Waals surface area contributed by atoms with Gasteiger partial charge in [-0.25, -0.2) is 9.59 Å². The molecule has 188 valence electrons. The van der Waals surface area contributed by atoms with Gasteiger partial charge in [0.15, 0.2) is 14.2 Å². The largest absolute Gasteiger partial charge is 0.463 e. The highest BCUT2D eigenvalue weighted by Gasteiger charge is 2.43. The highest BCUT2D eigenvalue weighted by atomic mass is 28.4. The molecule has 0 aromatic heterocycles. The second-order valence-electron chi connectivity index (χ2n) is 9.38. The molecular weight excluding hydrogens is 462 g/mol. The van der Waals surface area contributed by atoms with Crippen LogP contribution in [0.15, 0.2) is 29.4 Å². The molecule has 1 fully saturated rings. The number of benzene rings is 1. The van der Waals surface area contributed by atoms with Gasteiger partial charge in [0.1, 0.15) is 6.61 Å². The Morgan fingerprint density at radius 2 is 1.85 bits per heavy atom. The lowest BCUT2D eigenvalue weighted by Gasteiger charge is -2.38. The Kier molecular flexibility index (Phi) is 9.16. The van der Waals surface area contributed by atoms with Gasteiger partial charge in [0, 0.05) is 18.6 Å². The zero-order valence-corrected chi connectivity index (χ0v) is 21.5. The van der Waals surface area contributed by atoms with Crippen LogP contribution in [-0.4, -0.2) is 61.9 Å². The van der Waals surface area contributed by atoms with Crippen molar-refractivity contribution in [1.29, 1.82) is 0 Å². The summed E-state index contributed by atoms with van der Waals surface area (Å²) < 4.78 is 16.7. The minimum absolute atomic E-state index is 0.0193. The number of rotatable bonds is 9. The fourth-order valence-electron chi connectivity index (χ4n) is 2.93. The maximum atomic E-state index is 12.8. The number of non-ortho nitro benzene ring substituents is 1. The molecule has 2 rings (SSSR count). The number of carbonyl (C=O) groups excluding carboxylic acids is 2. The summed E-state index contributed by atoms with van der Waals surface area (Å²) in [6, 6.07) is 5.74. The SMILES string of the molecule is CCOC(=O)CO/N=C1\CC(O[Si](C)(C)C(C)(C)C)CN1C(=O)OCc1ccc([N+](=O)[O-])cc1. The third-order valence-electron chi connectivity index (χ3n) is 5.76. The number of oxime groups is 1. The molecule has 11 nitrogen and oxygen atoms in total. The predicted molar refractivity (Wildman–Crippen MR) is 127 cm³/mol. The summed E-state index contributed by atoms with van der Waals surface area (Å²) in [6.07, 6.45) is -0.627. The van der Waals surface area contributed by atoms with Crippen LogP contribution in [0.25, 0.3) is 0 Å². The van der Waals surface area contributed by atoms with E-state index in [-0.39, 0.29) is 43.2 Å². The van der Waals surface area contributed by atoms with Crippen molar-refractivity contribution in [2.24, 2.45) is 5.16 Å². The fraction of sp³-hybridized carbons (Fsp3) is 0.591. The molecule has 1 heterocycles. The van der Waals surface area contributed by atoms with E-state index in [1.165, 1.54) is 29.2 Å². The van der Waals surface area contributed by atoms with Crippen LogP contribution >= 0.6 is 0 Å². The molecule has 0 saturated carbocycles. The molecular formula is C22H33N3O8Si. The van der Waals surface area contributed by atoms with E-state index in [0.717, 1.165) is 0 Å². The molecule has 1 aliphatic heterocycles. The Morgan fingerprint density at radius 1 is 1.21 bits per heavy atom. The second-order valence-corrected chi connectivity index (χ2v) is 14.1. The van der Waals surface area contributed by atoms with Gasteiger partial charge in [0.05, 0.1) is 24.2 Å². The van der Waals surface area contributed by atoms with E-state index in [9.17, 15) is 19.7 Å². The highest BCUT2D eigenvalue weighted by Crippen LogP contribution is 2.38. The zero-order valence-electron chi connectivity index (χ0n) is 20.5. The molecule has 1 saturated heterocycles. The second kappa shape index (κ2) is 11.4. The van der Waals surface area contributed by atoms with Crippen molar-refractivity contribution < 1.29 is 33.2 Å². The molecule has 1 aromatic rings. The molecule has 1 unspecified atom stereocenters. The predicted octanol–water partition coefficient (Wildman–Crippen LogP) is 4.22. The standard InChI is InChI=1S/C22H33N3O8Si/c1-7-30-20(26)15-32-23-19-12-18(33-34(5,6)22(2,3)4)13-24(19)21(27)31-14-16-8-10-17(11-9-16)25(28)29/h8-11,18H,7,12-15H2,1-6H3/b23-19+. The van der Waals surface area contributed by atoms with Crippen molar-refractivity contribution in [1.82, 2.24) is 4.90 Å². The Bertz CT molecular complexity index is 912. The lowest BCUT2D eigenvalue weighted by molar-refractivity contribution is -0.384. The van der Waals surface area contributed by atoms with E-state index in [2.05, 4.69) is 39.0 Å². The Hall–Kier alpha value is -2.99. The molecule has 1 atom stereocenters.